The second-order valence-electron chi connectivity index (χ2n) is 13.7. The van der Waals surface area contributed by atoms with Gasteiger partial charge in [0, 0.05) is 82.5 Å². The van der Waals surface area contributed by atoms with Crippen molar-refractivity contribution in [1.29, 1.82) is 0 Å². The van der Waals surface area contributed by atoms with Crippen molar-refractivity contribution >= 4 is 34.1 Å². The van der Waals surface area contributed by atoms with E-state index in [2.05, 4.69) is 25.5 Å². The number of nitrogens with one attached hydrogen (secondary N) is 2. The Bertz CT molecular complexity index is 2010. The lowest BCUT2D eigenvalue weighted by Gasteiger charge is -2.46. The van der Waals surface area contributed by atoms with Crippen molar-refractivity contribution in [2.24, 2.45) is 7.05 Å². The van der Waals surface area contributed by atoms with Gasteiger partial charge in [-0.3, -0.25) is 34.5 Å². The van der Waals surface area contributed by atoms with Crippen LogP contribution >= 0.6 is 0 Å². The number of aryl methyl sites for hydroxylation is 2. The Morgan fingerprint density at radius 3 is 2.53 bits per heavy atom. The van der Waals surface area contributed by atoms with Gasteiger partial charge in [-0.1, -0.05) is 6.07 Å². The van der Waals surface area contributed by atoms with E-state index in [9.17, 15) is 14.4 Å². The van der Waals surface area contributed by atoms with Crippen LogP contribution in [0.5, 0.6) is 5.75 Å². The Kier molecular flexibility index (Phi) is 9.46. The first kappa shape index (κ1) is 34.5. The number of likely N-dealkylation sites (tertiary alicyclic amines) is 1. The molecule has 12 nitrogen and oxygen atoms in total. The molecule has 3 saturated heterocycles. The Morgan fingerprint density at radius 1 is 1.02 bits per heavy atom. The minimum atomic E-state index is -2.89. The van der Waals surface area contributed by atoms with Crippen molar-refractivity contribution in [3.8, 4) is 16.9 Å². The second kappa shape index (κ2) is 14.0. The molecular weight excluding hydrogens is 658 g/mol. The molecule has 0 radical (unpaired) electrons. The summed E-state index contributed by atoms with van der Waals surface area (Å²) in [5.41, 5.74) is 4.30. The van der Waals surface area contributed by atoms with Crippen molar-refractivity contribution < 1.29 is 23.1 Å². The van der Waals surface area contributed by atoms with Gasteiger partial charge >= 0.3 is 0 Å². The molecule has 2 amide bonds. The summed E-state index contributed by atoms with van der Waals surface area (Å²) in [6.07, 6.45) is 7.82. The molecular formula is C37H42F2N8O4. The fraction of sp³-hybridized carbons (Fsp3) is 0.432. The third-order valence-corrected chi connectivity index (χ3v) is 10.4. The van der Waals surface area contributed by atoms with Gasteiger partial charge in [0.05, 0.1) is 37.0 Å². The quantitative estimate of drug-likeness (QED) is 0.264. The number of methoxy groups -OCH3 is 1. The lowest BCUT2D eigenvalue weighted by Crippen LogP contribution is -2.61. The summed E-state index contributed by atoms with van der Waals surface area (Å²) in [5.74, 6) is -2.36. The molecule has 2 N–H and O–H groups in total. The standard InChI is InChI=1S/C37H42F2N8O4/c1-23-16-24(29-20-44(2)36(50)27-19-40-10-8-26(27)29)17-31(51-3)28(23)21-45-11-9-32(37(38,39)22-45)47-14-12-46(13-15-47)25-4-6-33(41-18-25)42-30-5-7-34(48)43-35(30)49/h4,6,8,10,16-20,30,32H,5,7,9,11-15,21-22H2,1-3H3,(H,41,42)(H,43,48,49). The smallest absolute Gasteiger partial charge is 0.275 e. The summed E-state index contributed by atoms with van der Waals surface area (Å²) in [7, 11) is 3.30. The highest BCUT2D eigenvalue weighted by molar-refractivity contribution is 6.01. The zero-order chi connectivity index (χ0) is 35.9. The molecule has 14 heteroatoms. The van der Waals surface area contributed by atoms with Crippen LogP contribution in [0, 0.1) is 6.92 Å². The van der Waals surface area contributed by atoms with Crippen LogP contribution in [0.2, 0.25) is 0 Å². The second-order valence-corrected chi connectivity index (χ2v) is 13.7. The van der Waals surface area contributed by atoms with Crippen LogP contribution in [-0.2, 0) is 23.2 Å². The van der Waals surface area contributed by atoms with E-state index in [0.29, 0.717) is 69.1 Å². The molecule has 3 fully saturated rings. The van der Waals surface area contributed by atoms with E-state index in [1.165, 1.54) is 0 Å². The van der Waals surface area contributed by atoms with E-state index in [1.807, 2.05) is 41.0 Å². The summed E-state index contributed by atoms with van der Waals surface area (Å²) in [6, 6.07) is 8.13. The van der Waals surface area contributed by atoms with Gasteiger partial charge < -0.3 is 19.5 Å². The van der Waals surface area contributed by atoms with Crippen molar-refractivity contribution in [1.82, 2.24) is 29.7 Å². The largest absolute Gasteiger partial charge is 0.496 e. The number of pyridine rings is 3. The summed E-state index contributed by atoms with van der Waals surface area (Å²) in [4.78, 5) is 50.7. The average molecular weight is 701 g/mol. The molecule has 0 bridgehead atoms. The summed E-state index contributed by atoms with van der Waals surface area (Å²) < 4.78 is 39.1. The van der Waals surface area contributed by atoms with E-state index >= 15 is 8.78 Å². The zero-order valence-electron chi connectivity index (χ0n) is 29.0. The number of piperazine rings is 1. The lowest BCUT2D eigenvalue weighted by molar-refractivity contribution is -0.133. The molecule has 4 aromatic rings. The number of alkyl halides is 2. The number of aromatic nitrogens is 3. The number of benzene rings is 1. The highest BCUT2D eigenvalue weighted by atomic mass is 19.3. The Morgan fingerprint density at radius 2 is 1.82 bits per heavy atom. The van der Waals surface area contributed by atoms with E-state index in [4.69, 9.17) is 4.74 Å². The molecule has 2 atom stereocenters. The van der Waals surface area contributed by atoms with Crippen LogP contribution in [0.4, 0.5) is 20.3 Å². The third kappa shape index (κ3) is 7.02. The Balaban J connectivity index is 0.974. The maximum atomic E-state index is 15.9. The van der Waals surface area contributed by atoms with Crippen molar-refractivity contribution in [2.75, 3.05) is 56.6 Å². The minimum absolute atomic E-state index is 0.126. The first-order valence-corrected chi connectivity index (χ1v) is 17.3. The molecule has 3 aliphatic rings. The van der Waals surface area contributed by atoms with Gasteiger partial charge in [-0.05, 0) is 60.5 Å². The van der Waals surface area contributed by atoms with Crippen LogP contribution in [0.3, 0.4) is 0 Å². The molecule has 51 heavy (non-hydrogen) atoms. The molecule has 0 spiro atoms. The monoisotopic (exact) mass is 700 g/mol. The molecule has 2 unspecified atom stereocenters. The first-order valence-electron chi connectivity index (χ1n) is 17.3. The number of ether oxygens (including phenoxy) is 1. The highest BCUT2D eigenvalue weighted by Crippen LogP contribution is 2.37. The van der Waals surface area contributed by atoms with Gasteiger partial charge in [0.25, 0.3) is 11.5 Å². The average Bonchev–Trinajstić information content (AvgIpc) is 3.12. The number of hydrogen-bond donors (Lipinski definition) is 2. The number of piperidine rings is 2. The summed E-state index contributed by atoms with van der Waals surface area (Å²) >= 11 is 0. The fourth-order valence-electron chi connectivity index (χ4n) is 7.63. The molecule has 268 valence electrons. The summed E-state index contributed by atoms with van der Waals surface area (Å²) in [6.45, 7) is 4.73. The topological polar surface area (TPSA) is 125 Å². The first-order chi connectivity index (χ1) is 24.5. The molecule has 3 aliphatic heterocycles. The predicted molar refractivity (Wildman–Crippen MR) is 190 cm³/mol. The maximum Gasteiger partial charge on any atom is 0.275 e. The Hall–Kier alpha value is -4.95. The van der Waals surface area contributed by atoms with Crippen molar-refractivity contribution in [3.63, 3.8) is 0 Å². The number of hydrogen-bond acceptors (Lipinski definition) is 10. The van der Waals surface area contributed by atoms with Crippen LogP contribution in [0.15, 0.2) is 59.9 Å². The van der Waals surface area contributed by atoms with E-state index < -0.39 is 18.0 Å². The number of amides is 2. The SMILES string of the molecule is COc1cc(-c2cn(C)c(=O)c3cnccc23)cc(C)c1CN1CCC(N2CCN(c3ccc(NC4CCC(=O)NC4=O)nc3)CC2)C(F)(F)C1. The van der Waals surface area contributed by atoms with Crippen molar-refractivity contribution in [3.05, 3.63) is 76.6 Å². The Labute approximate surface area is 294 Å². The molecule has 1 aromatic carbocycles. The number of fused-ring (bicyclic) bond motifs is 1. The summed E-state index contributed by atoms with van der Waals surface area (Å²) in [5, 5.41) is 6.73. The van der Waals surface area contributed by atoms with Gasteiger partial charge in [0.1, 0.15) is 17.6 Å². The number of anilines is 2. The third-order valence-electron chi connectivity index (χ3n) is 10.4. The number of halogens is 2. The number of imide groups is 1. The molecule has 6 heterocycles. The van der Waals surface area contributed by atoms with Gasteiger partial charge in [-0.2, -0.15) is 0 Å². The van der Waals surface area contributed by atoms with E-state index in [1.54, 1.807) is 49.6 Å². The number of nitrogens with zero attached hydrogens (tertiary/aromatic N) is 6. The normalized spacial score (nSPS) is 21.5. The van der Waals surface area contributed by atoms with E-state index in [-0.39, 0.29) is 30.3 Å². The van der Waals surface area contributed by atoms with Crippen LogP contribution in [0.25, 0.3) is 21.9 Å². The van der Waals surface area contributed by atoms with Crippen LogP contribution < -0.4 is 25.8 Å². The number of rotatable bonds is 8. The molecule has 7 rings (SSSR count). The highest BCUT2D eigenvalue weighted by Gasteiger charge is 2.48. The fourth-order valence-corrected chi connectivity index (χ4v) is 7.63. The van der Waals surface area contributed by atoms with Gasteiger partial charge in [0.15, 0.2) is 0 Å². The van der Waals surface area contributed by atoms with Crippen LogP contribution in [-0.4, -0.2) is 101 Å². The zero-order valence-corrected chi connectivity index (χ0v) is 29.0. The number of carbonyl (C=O) groups is 2. The van der Waals surface area contributed by atoms with Gasteiger partial charge in [-0.25, -0.2) is 13.8 Å². The van der Waals surface area contributed by atoms with Gasteiger partial charge in [-0.15, -0.1) is 0 Å². The lowest BCUT2D eigenvalue weighted by atomic mass is 9.94. The van der Waals surface area contributed by atoms with Crippen LogP contribution in [0.1, 0.15) is 30.4 Å². The molecule has 0 saturated carbocycles. The number of carbonyl (C=O) groups excluding carboxylic acids is 2. The van der Waals surface area contributed by atoms with Crippen molar-refractivity contribution in [2.45, 2.75) is 50.7 Å². The van der Waals surface area contributed by atoms with E-state index in [0.717, 1.165) is 33.3 Å². The minimum Gasteiger partial charge on any atom is -0.496 e. The predicted octanol–water partition coefficient (Wildman–Crippen LogP) is 3.56. The van der Waals surface area contributed by atoms with Gasteiger partial charge in [0.2, 0.25) is 11.8 Å². The molecule has 0 aliphatic carbocycles. The molecule has 3 aromatic heterocycles. The maximum absolute atomic E-state index is 15.9.